The molecular formula is C16H13F3O. The van der Waals surface area contributed by atoms with Crippen LogP contribution in [0, 0.1) is 17.5 Å². The van der Waals surface area contributed by atoms with Gasteiger partial charge in [-0.15, -0.1) is 0 Å². The summed E-state index contributed by atoms with van der Waals surface area (Å²) in [6, 6.07) is 8.28. The van der Waals surface area contributed by atoms with E-state index in [4.69, 9.17) is 0 Å². The van der Waals surface area contributed by atoms with Crippen LogP contribution in [0.2, 0.25) is 0 Å². The number of aryl methyl sites for hydroxylation is 1. The first-order valence-electron chi connectivity index (χ1n) is 6.31. The molecule has 0 atom stereocenters. The molecule has 4 heteroatoms. The van der Waals surface area contributed by atoms with Gasteiger partial charge in [-0.05, 0) is 30.2 Å². The molecule has 0 unspecified atom stereocenters. The molecule has 2 aromatic carbocycles. The van der Waals surface area contributed by atoms with Gasteiger partial charge in [-0.2, -0.15) is 0 Å². The average Bonchev–Trinajstić information content (AvgIpc) is 2.44. The monoisotopic (exact) mass is 278 g/mol. The summed E-state index contributed by atoms with van der Waals surface area (Å²) in [7, 11) is 0. The zero-order valence-electron chi connectivity index (χ0n) is 10.9. The Hall–Kier alpha value is -2.10. The standard InChI is InChI=1S/C16H13F3O/c1-2-4-10-5-3-6-11(7-10)16(20)12-8-13(17)15(19)14(18)9-12/h3,5-9H,2,4H2,1H3. The van der Waals surface area contributed by atoms with Crippen molar-refractivity contribution in [2.45, 2.75) is 19.8 Å². The van der Waals surface area contributed by atoms with Crippen LogP contribution < -0.4 is 0 Å². The molecule has 0 saturated heterocycles. The predicted octanol–water partition coefficient (Wildman–Crippen LogP) is 4.29. The van der Waals surface area contributed by atoms with Gasteiger partial charge in [-0.1, -0.05) is 31.5 Å². The number of rotatable bonds is 4. The first kappa shape index (κ1) is 14.3. The van der Waals surface area contributed by atoms with E-state index in [9.17, 15) is 18.0 Å². The lowest BCUT2D eigenvalue weighted by Gasteiger charge is -2.05. The molecule has 0 aromatic heterocycles. The highest BCUT2D eigenvalue weighted by molar-refractivity contribution is 6.09. The molecule has 0 spiro atoms. The Morgan fingerprint density at radius 2 is 1.65 bits per heavy atom. The molecule has 0 fully saturated rings. The van der Waals surface area contributed by atoms with E-state index in [0.717, 1.165) is 18.4 Å². The third-order valence-electron chi connectivity index (χ3n) is 2.97. The lowest BCUT2D eigenvalue weighted by Crippen LogP contribution is -2.05. The minimum absolute atomic E-state index is 0.199. The molecule has 0 amide bonds. The summed E-state index contributed by atoms with van der Waals surface area (Å²) in [6.07, 6.45) is 1.74. The zero-order chi connectivity index (χ0) is 14.7. The molecule has 1 nitrogen and oxygen atoms in total. The maximum Gasteiger partial charge on any atom is 0.194 e. The van der Waals surface area contributed by atoms with Gasteiger partial charge in [0.1, 0.15) is 0 Å². The van der Waals surface area contributed by atoms with E-state index >= 15 is 0 Å². The van der Waals surface area contributed by atoms with Gasteiger partial charge < -0.3 is 0 Å². The van der Waals surface area contributed by atoms with Crippen LogP contribution in [0.15, 0.2) is 36.4 Å². The van der Waals surface area contributed by atoms with E-state index in [-0.39, 0.29) is 5.56 Å². The van der Waals surface area contributed by atoms with E-state index < -0.39 is 23.2 Å². The van der Waals surface area contributed by atoms with Gasteiger partial charge in [0.05, 0.1) is 0 Å². The lowest BCUT2D eigenvalue weighted by atomic mass is 9.99. The largest absolute Gasteiger partial charge is 0.289 e. The number of ketones is 1. The molecule has 0 aliphatic rings. The lowest BCUT2D eigenvalue weighted by molar-refractivity contribution is 0.103. The molecule has 20 heavy (non-hydrogen) atoms. The van der Waals surface area contributed by atoms with Gasteiger partial charge >= 0.3 is 0 Å². The Labute approximate surface area is 115 Å². The molecule has 0 aliphatic heterocycles. The predicted molar refractivity (Wildman–Crippen MR) is 70.2 cm³/mol. The van der Waals surface area contributed by atoms with Crippen molar-refractivity contribution in [3.63, 3.8) is 0 Å². The quantitative estimate of drug-likeness (QED) is 0.602. The van der Waals surface area contributed by atoms with Gasteiger partial charge in [0.2, 0.25) is 0 Å². The second kappa shape index (κ2) is 5.90. The fourth-order valence-electron chi connectivity index (χ4n) is 2.01. The van der Waals surface area contributed by atoms with Crippen molar-refractivity contribution in [2.24, 2.45) is 0 Å². The number of hydrogen-bond acceptors (Lipinski definition) is 1. The zero-order valence-corrected chi connectivity index (χ0v) is 10.9. The van der Waals surface area contributed by atoms with Gasteiger partial charge in [-0.25, -0.2) is 13.2 Å². The fraction of sp³-hybridized carbons (Fsp3) is 0.188. The van der Waals surface area contributed by atoms with Crippen LogP contribution in [0.1, 0.15) is 34.8 Å². The second-order valence-electron chi connectivity index (χ2n) is 4.53. The van der Waals surface area contributed by atoms with Crippen LogP contribution in [0.5, 0.6) is 0 Å². The Kier molecular flexibility index (Phi) is 4.23. The Bertz CT molecular complexity index is 627. The van der Waals surface area contributed by atoms with E-state index in [1.165, 1.54) is 0 Å². The van der Waals surface area contributed by atoms with Crippen molar-refractivity contribution >= 4 is 5.78 Å². The molecular weight excluding hydrogens is 265 g/mol. The van der Waals surface area contributed by atoms with E-state index in [1.807, 2.05) is 13.0 Å². The summed E-state index contributed by atoms with van der Waals surface area (Å²) in [6.45, 7) is 2.01. The van der Waals surface area contributed by atoms with Crippen molar-refractivity contribution in [2.75, 3.05) is 0 Å². The molecule has 0 saturated carbocycles. The Morgan fingerprint density at radius 3 is 2.25 bits per heavy atom. The SMILES string of the molecule is CCCc1cccc(C(=O)c2cc(F)c(F)c(F)c2)c1. The Morgan fingerprint density at radius 1 is 1.00 bits per heavy atom. The van der Waals surface area contributed by atoms with E-state index in [1.54, 1.807) is 18.2 Å². The van der Waals surface area contributed by atoms with Crippen molar-refractivity contribution in [1.82, 2.24) is 0 Å². The Balaban J connectivity index is 2.38. The number of carbonyl (C=O) groups excluding carboxylic acids is 1. The maximum absolute atomic E-state index is 13.1. The van der Waals surface area contributed by atoms with Crippen LogP contribution in [-0.2, 0) is 6.42 Å². The molecule has 2 rings (SSSR count). The highest BCUT2D eigenvalue weighted by Crippen LogP contribution is 2.18. The van der Waals surface area contributed by atoms with E-state index in [0.29, 0.717) is 17.7 Å². The number of carbonyl (C=O) groups is 1. The van der Waals surface area contributed by atoms with Crippen LogP contribution in [0.4, 0.5) is 13.2 Å². The smallest absolute Gasteiger partial charge is 0.194 e. The molecule has 0 bridgehead atoms. The van der Waals surface area contributed by atoms with Gasteiger partial charge in [0.15, 0.2) is 23.2 Å². The van der Waals surface area contributed by atoms with Crippen LogP contribution in [0.25, 0.3) is 0 Å². The van der Waals surface area contributed by atoms with Crippen molar-refractivity contribution in [3.8, 4) is 0 Å². The van der Waals surface area contributed by atoms with E-state index in [2.05, 4.69) is 0 Å². The summed E-state index contributed by atoms with van der Waals surface area (Å²) in [5.74, 6) is -4.82. The van der Waals surface area contributed by atoms with Crippen LogP contribution in [0.3, 0.4) is 0 Å². The molecule has 0 heterocycles. The highest BCUT2D eigenvalue weighted by atomic mass is 19.2. The number of halogens is 3. The summed E-state index contributed by atoms with van der Waals surface area (Å²) in [4.78, 5) is 12.2. The average molecular weight is 278 g/mol. The molecule has 2 aromatic rings. The first-order chi connectivity index (χ1) is 9.52. The van der Waals surface area contributed by atoms with Crippen molar-refractivity contribution in [3.05, 3.63) is 70.5 Å². The third kappa shape index (κ3) is 2.90. The molecule has 104 valence electrons. The van der Waals surface area contributed by atoms with Gasteiger partial charge in [0, 0.05) is 11.1 Å². The summed E-state index contributed by atoms with van der Waals surface area (Å²) in [5.41, 5.74) is 1.11. The minimum Gasteiger partial charge on any atom is -0.289 e. The minimum atomic E-state index is -1.57. The third-order valence-corrected chi connectivity index (χ3v) is 2.97. The number of benzene rings is 2. The van der Waals surface area contributed by atoms with Gasteiger partial charge in [0.25, 0.3) is 0 Å². The summed E-state index contributed by atoms with van der Waals surface area (Å²) < 4.78 is 39.2. The van der Waals surface area contributed by atoms with Crippen molar-refractivity contribution < 1.29 is 18.0 Å². The highest BCUT2D eigenvalue weighted by Gasteiger charge is 2.16. The molecule has 0 aliphatic carbocycles. The van der Waals surface area contributed by atoms with Gasteiger partial charge in [-0.3, -0.25) is 4.79 Å². The first-order valence-corrected chi connectivity index (χ1v) is 6.31. The molecule has 0 radical (unpaired) electrons. The maximum atomic E-state index is 13.1. The summed E-state index contributed by atoms with van der Waals surface area (Å²) >= 11 is 0. The van der Waals surface area contributed by atoms with Crippen LogP contribution >= 0.6 is 0 Å². The molecule has 0 N–H and O–H groups in total. The fourth-order valence-corrected chi connectivity index (χ4v) is 2.01. The normalized spacial score (nSPS) is 10.6. The number of hydrogen-bond donors (Lipinski definition) is 0. The second-order valence-corrected chi connectivity index (χ2v) is 4.53. The topological polar surface area (TPSA) is 17.1 Å². The van der Waals surface area contributed by atoms with Crippen molar-refractivity contribution in [1.29, 1.82) is 0 Å². The van der Waals surface area contributed by atoms with Crippen LogP contribution in [-0.4, -0.2) is 5.78 Å². The summed E-state index contributed by atoms with van der Waals surface area (Å²) in [5, 5.41) is 0.